The number of halogens is 2. The maximum Gasteiger partial charge on any atom is 0.132 e. The topological polar surface area (TPSA) is 17.8 Å². The molecule has 1 aromatic heterocycles. The first-order valence-corrected chi connectivity index (χ1v) is 7.76. The number of alkyl halides is 1. The van der Waals surface area contributed by atoms with Gasteiger partial charge in [-0.25, -0.2) is 4.98 Å². The highest BCUT2D eigenvalue weighted by Gasteiger charge is 2.22. The Balaban J connectivity index is 2.23. The molecule has 21 heavy (non-hydrogen) atoms. The van der Waals surface area contributed by atoms with Gasteiger partial charge in [0.2, 0.25) is 0 Å². The maximum absolute atomic E-state index is 6.68. The van der Waals surface area contributed by atoms with Crippen LogP contribution in [-0.2, 0) is 0 Å². The van der Waals surface area contributed by atoms with Gasteiger partial charge in [0.25, 0.3) is 0 Å². The van der Waals surface area contributed by atoms with Crippen LogP contribution in [0.3, 0.4) is 0 Å². The summed E-state index contributed by atoms with van der Waals surface area (Å²) in [4.78, 5) is 4.72. The quantitative estimate of drug-likeness (QED) is 0.575. The van der Waals surface area contributed by atoms with Crippen LogP contribution in [0.1, 0.15) is 36.7 Å². The molecule has 0 aliphatic heterocycles. The second kappa shape index (κ2) is 5.70. The molecule has 0 spiro atoms. The molecule has 0 N–H and O–H groups in total. The average Bonchev–Trinajstić information content (AvgIpc) is 2.88. The van der Waals surface area contributed by atoms with E-state index < -0.39 is 0 Å². The summed E-state index contributed by atoms with van der Waals surface area (Å²) in [5.41, 5.74) is 2.87. The summed E-state index contributed by atoms with van der Waals surface area (Å²) in [5, 5.41) is 0.411. The zero-order valence-corrected chi connectivity index (χ0v) is 13.4. The van der Waals surface area contributed by atoms with Crippen molar-refractivity contribution in [3.63, 3.8) is 0 Å². The lowest BCUT2D eigenvalue weighted by molar-refractivity contribution is 0.588. The molecule has 0 radical (unpaired) electrons. The summed E-state index contributed by atoms with van der Waals surface area (Å²) >= 11 is 13.0. The normalized spacial score (nSPS) is 13.0. The van der Waals surface area contributed by atoms with Crippen molar-refractivity contribution in [2.24, 2.45) is 0 Å². The van der Waals surface area contributed by atoms with Crippen LogP contribution in [-0.4, -0.2) is 9.55 Å². The third kappa shape index (κ3) is 2.54. The second-order valence-electron chi connectivity index (χ2n) is 5.31. The summed E-state index contributed by atoms with van der Waals surface area (Å²) in [7, 11) is 0. The van der Waals surface area contributed by atoms with Gasteiger partial charge in [0.15, 0.2) is 0 Å². The zero-order chi connectivity index (χ0) is 15.0. The molecule has 0 fully saturated rings. The van der Waals surface area contributed by atoms with E-state index in [0.717, 1.165) is 22.4 Å². The first-order chi connectivity index (χ1) is 10.1. The molecule has 0 amide bonds. The highest BCUT2D eigenvalue weighted by Crippen LogP contribution is 2.35. The summed E-state index contributed by atoms with van der Waals surface area (Å²) in [6.45, 7) is 4.23. The molecule has 0 bridgehead atoms. The Morgan fingerprint density at radius 3 is 2.38 bits per heavy atom. The first-order valence-electron chi connectivity index (χ1n) is 6.95. The lowest BCUT2D eigenvalue weighted by Gasteiger charge is -2.17. The van der Waals surface area contributed by atoms with Gasteiger partial charge in [-0.3, -0.25) is 0 Å². The van der Waals surface area contributed by atoms with Crippen LogP contribution in [0.2, 0.25) is 5.02 Å². The van der Waals surface area contributed by atoms with Gasteiger partial charge in [0, 0.05) is 6.04 Å². The Bertz CT molecular complexity index is 763. The van der Waals surface area contributed by atoms with Gasteiger partial charge in [0.05, 0.1) is 16.1 Å². The molecule has 0 saturated carbocycles. The summed E-state index contributed by atoms with van der Waals surface area (Å²) in [5.74, 6) is 0.834. The van der Waals surface area contributed by atoms with Crippen molar-refractivity contribution in [2.75, 3.05) is 0 Å². The molecule has 108 valence electrons. The minimum absolute atomic E-state index is 0.231. The highest BCUT2D eigenvalue weighted by molar-refractivity contribution is 6.35. The standard InChI is InChI=1S/C17H16Cl2N2/c1-11(2)21-16-13(18)9-6-10-14(16)20-17(21)15(19)12-7-4-3-5-8-12/h3-11,15H,1-2H3. The molecule has 1 atom stereocenters. The minimum Gasteiger partial charge on any atom is -0.323 e. The Morgan fingerprint density at radius 1 is 1.00 bits per heavy atom. The fourth-order valence-corrected chi connectivity index (χ4v) is 3.16. The monoisotopic (exact) mass is 318 g/mol. The molecule has 4 heteroatoms. The Morgan fingerprint density at radius 2 is 1.71 bits per heavy atom. The van der Waals surface area contributed by atoms with E-state index in [1.807, 2.05) is 48.5 Å². The number of hydrogen-bond donors (Lipinski definition) is 0. The maximum atomic E-state index is 6.68. The van der Waals surface area contributed by atoms with Gasteiger partial charge >= 0.3 is 0 Å². The Kier molecular flexibility index (Phi) is 3.92. The number of nitrogens with zero attached hydrogens (tertiary/aromatic N) is 2. The number of hydrogen-bond acceptors (Lipinski definition) is 1. The van der Waals surface area contributed by atoms with Crippen LogP contribution in [0.5, 0.6) is 0 Å². The van der Waals surface area contributed by atoms with Gasteiger partial charge in [-0.15, -0.1) is 11.6 Å². The van der Waals surface area contributed by atoms with Gasteiger partial charge in [-0.2, -0.15) is 0 Å². The van der Waals surface area contributed by atoms with Gasteiger partial charge < -0.3 is 4.57 Å². The van der Waals surface area contributed by atoms with Crippen LogP contribution < -0.4 is 0 Å². The molecule has 1 unspecified atom stereocenters. The lowest BCUT2D eigenvalue weighted by Crippen LogP contribution is -2.09. The number of para-hydroxylation sites is 1. The van der Waals surface area contributed by atoms with E-state index in [1.54, 1.807) is 0 Å². The third-order valence-electron chi connectivity index (χ3n) is 3.52. The minimum atomic E-state index is -0.294. The summed E-state index contributed by atoms with van der Waals surface area (Å²) in [6, 6.07) is 16.0. The second-order valence-corrected chi connectivity index (χ2v) is 6.16. The van der Waals surface area contributed by atoms with Crippen molar-refractivity contribution in [3.05, 3.63) is 64.9 Å². The van der Waals surface area contributed by atoms with Crippen LogP contribution >= 0.6 is 23.2 Å². The lowest BCUT2D eigenvalue weighted by atomic mass is 10.1. The van der Waals surface area contributed by atoms with Crippen LogP contribution in [0.4, 0.5) is 0 Å². The first kappa shape index (κ1) is 14.4. The predicted molar refractivity (Wildman–Crippen MR) is 89.3 cm³/mol. The Labute approximate surface area is 134 Å². The fourth-order valence-electron chi connectivity index (χ4n) is 2.60. The van der Waals surface area contributed by atoms with Crippen molar-refractivity contribution >= 4 is 34.2 Å². The van der Waals surface area contributed by atoms with E-state index in [9.17, 15) is 0 Å². The number of imidazole rings is 1. The van der Waals surface area contributed by atoms with Crippen LogP contribution in [0.15, 0.2) is 48.5 Å². The fraction of sp³-hybridized carbons (Fsp3) is 0.235. The van der Waals surface area contributed by atoms with Crippen LogP contribution in [0, 0.1) is 0 Å². The number of fused-ring (bicyclic) bond motifs is 1. The van der Waals surface area contributed by atoms with E-state index in [4.69, 9.17) is 28.2 Å². The molecule has 3 rings (SSSR count). The molecule has 0 aliphatic rings. The van der Waals surface area contributed by atoms with Crippen molar-refractivity contribution in [1.82, 2.24) is 9.55 Å². The van der Waals surface area contributed by atoms with Crippen molar-refractivity contribution in [1.29, 1.82) is 0 Å². The largest absolute Gasteiger partial charge is 0.323 e. The number of rotatable bonds is 3. The van der Waals surface area contributed by atoms with E-state index in [1.165, 1.54) is 0 Å². The molecule has 1 heterocycles. The molecular formula is C17H16Cl2N2. The zero-order valence-electron chi connectivity index (χ0n) is 11.9. The number of aromatic nitrogens is 2. The average molecular weight is 319 g/mol. The van der Waals surface area contributed by atoms with Crippen molar-refractivity contribution < 1.29 is 0 Å². The van der Waals surface area contributed by atoms with E-state index in [2.05, 4.69) is 18.4 Å². The molecule has 0 aliphatic carbocycles. The molecule has 0 saturated heterocycles. The smallest absolute Gasteiger partial charge is 0.132 e. The van der Waals surface area contributed by atoms with E-state index in [0.29, 0.717) is 5.02 Å². The Hall–Kier alpha value is -1.51. The SMILES string of the molecule is CC(C)n1c(C(Cl)c2ccccc2)nc2cccc(Cl)c21. The summed E-state index contributed by atoms with van der Waals surface area (Å²) < 4.78 is 2.13. The highest BCUT2D eigenvalue weighted by atomic mass is 35.5. The molecule has 2 aromatic carbocycles. The van der Waals surface area contributed by atoms with E-state index in [-0.39, 0.29) is 11.4 Å². The molecular weight excluding hydrogens is 303 g/mol. The van der Waals surface area contributed by atoms with Crippen molar-refractivity contribution in [3.8, 4) is 0 Å². The van der Waals surface area contributed by atoms with Gasteiger partial charge in [-0.05, 0) is 31.5 Å². The van der Waals surface area contributed by atoms with Gasteiger partial charge in [-0.1, -0.05) is 48.0 Å². The molecule has 2 nitrogen and oxygen atoms in total. The van der Waals surface area contributed by atoms with Gasteiger partial charge in [0.1, 0.15) is 11.2 Å². The van der Waals surface area contributed by atoms with E-state index >= 15 is 0 Å². The van der Waals surface area contributed by atoms with Crippen LogP contribution in [0.25, 0.3) is 11.0 Å². The number of benzene rings is 2. The molecule has 3 aromatic rings. The summed E-state index contributed by atoms with van der Waals surface area (Å²) in [6.07, 6.45) is 0. The third-order valence-corrected chi connectivity index (χ3v) is 4.28. The predicted octanol–water partition coefficient (Wildman–Crippen LogP) is 5.60. The van der Waals surface area contributed by atoms with Crippen molar-refractivity contribution in [2.45, 2.75) is 25.3 Å².